The molecule has 0 fully saturated rings. The third-order valence-corrected chi connectivity index (χ3v) is 8.61. The van der Waals surface area contributed by atoms with Gasteiger partial charge in [0.1, 0.15) is 6.61 Å². The van der Waals surface area contributed by atoms with E-state index in [4.69, 9.17) is 14.2 Å². The van der Waals surface area contributed by atoms with Gasteiger partial charge in [0.05, 0.1) is 34.4 Å². The van der Waals surface area contributed by atoms with Gasteiger partial charge in [-0.05, 0) is 51.4 Å². The van der Waals surface area contributed by atoms with Crippen molar-refractivity contribution in [3.63, 3.8) is 0 Å². The minimum absolute atomic E-state index is 0.0170. The number of carboxylic acids is 1. The van der Waals surface area contributed by atoms with Gasteiger partial charge in [0.25, 0.3) is 0 Å². The highest BCUT2D eigenvalue weighted by Crippen LogP contribution is 2.11. The fourth-order valence-corrected chi connectivity index (χ4v) is 5.36. The number of nitrogens with zero attached hydrogens (tertiary/aromatic N) is 1. The number of carbonyl (C=O) groups excluding carboxylic acids is 2. The van der Waals surface area contributed by atoms with E-state index in [9.17, 15) is 19.5 Å². The Kier molecular flexibility index (Phi) is 35.2. The number of rotatable bonds is 35. The van der Waals surface area contributed by atoms with E-state index >= 15 is 0 Å². The van der Waals surface area contributed by atoms with Crippen LogP contribution in [-0.2, 0) is 28.6 Å². The maximum atomic E-state index is 12.7. The van der Waals surface area contributed by atoms with Crippen LogP contribution in [0.15, 0.2) is 109 Å². The van der Waals surface area contributed by atoms with Gasteiger partial charge in [0.15, 0.2) is 12.1 Å². The van der Waals surface area contributed by atoms with E-state index in [2.05, 4.69) is 44.2 Å². The van der Waals surface area contributed by atoms with Crippen molar-refractivity contribution in [3.05, 3.63) is 109 Å². The molecule has 0 spiro atoms. The number of hydrogen-bond donors (Lipinski definition) is 1. The first-order chi connectivity index (χ1) is 27.1. The number of likely N-dealkylation sites (N-methyl/N-ethyl adjacent to an activating group) is 1. The second-order valence-electron chi connectivity index (χ2n) is 14.7. The Morgan fingerprint density at radius 1 is 0.571 bits per heavy atom. The maximum absolute atomic E-state index is 12.7. The van der Waals surface area contributed by atoms with Crippen molar-refractivity contribution in [2.45, 2.75) is 135 Å². The summed E-state index contributed by atoms with van der Waals surface area (Å²) in [5.41, 5.74) is 0. The zero-order valence-electron chi connectivity index (χ0n) is 35.5. The Bertz CT molecular complexity index is 1280. The Morgan fingerprint density at radius 2 is 1.11 bits per heavy atom. The van der Waals surface area contributed by atoms with Crippen molar-refractivity contribution in [2.75, 3.05) is 41.0 Å². The van der Waals surface area contributed by atoms with Gasteiger partial charge < -0.3 is 23.8 Å². The quantitative estimate of drug-likeness (QED) is 0.0225. The Morgan fingerprint density at radius 3 is 1.70 bits per heavy atom. The highest BCUT2D eigenvalue weighted by atomic mass is 16.6. The predicted molar refractivity (Wildman–Crippen MR) is 233 cm³/mol. The first kappa shape index (κ1) is 52.0. The van der Waals surface area contributed by atoms with Gasteiger partial charge in [-0.15, -0.1) is 0 Å². The molecule has 8 nitrogen and oxygen atoms in total. The number of allylic oxidation sites excluding steroid dienone is 18. The van der Waals surface area contributed by atoms with Gasteiger partial charge in [-0.2, -0.15) is 0 Å². The molecule has 0 aromatic rings. The third kappa shape index (κ3) is 35.7. The van der Waals surface area contributed by atoms with Crippen LogP contribution < -0.4 is 0 Å². The molecule has 314 valence electrons. The summed E-state index contributed by atoms with van der Waals surface area (Å²) < 4.78 is 17.1. The lowest BCUT2D eigenvalue weighted by molar-refractivity contribution is -0.887. The molecular weight excluding hydrogens is 703 g/mol. The second-order valence-corrected chi connectivity index (χ2v) is 14.7. The normalized spacial score (nSPS) is 14.1. The number of esters is 2. The summed E-state index contributed by atoms with van der Waals surface area (Å²) in [7, 11) is 5.47. The van der Waals surface area contributed by atoms with Gasteiger partial charge in [-0.3, -0.25) is 9.59 Å². The number of carbonyl (C=O) groups is 3. The van der Waals surface area contributed by atoms with Crippen molar-refractivity contribution in [1.82, 2.24) is 0 Å². The van der Waals surface area contributed by atoms with Crippen molar-refractivity contribution in [3.8, 4) is 0 Å². The monoisotopic (exact) mass is 779 g/mol. The topological polar surface area (TPSA) is 99.1 Å². The molecule has 0 heterocycles. The molecule has 1 N–H and O–H groups in total. The molecule has 0 aromatic carbocycles. The van der Waals surface area contributed by atoms with Gasteiger partial charge in [0.2, 0.25) is 0 Å². The molecule has 0 aliphatic rings. The Balaban J connectivity index is 4.59. The molecule has 0 rings (SSSR count). The first-order valence-electron chi connectivity index (χ1n) is 21.0. The van der Waals surface area contributed by atoms with Crippen molar-refractivity contribution < 1.29 is 38.2 Å². The summed E-state index contributed by atoms with van der Waals surface area (Å²) in [5.74, 6) is -1.63. The molecule has 8 heteroatoms. The highest BCUT2D eigenvalue weighted by Gasteiger charge is 2.31. The van der Waals surface area contributed by atoms with Crippen LogP contribution in [0, 0.1) is 0 Å². The van der Waals surface area contributed by atoms with E-state index in [1.807, 2.05) is 100 Å². The summed E-state index contributed by atoms with van der Waals surface area (Å²) in [6, 6.07) is -0.637. The number of hydrogen-bond acceptors (Lipinski definition) is 6. The fraction of sp³-hybridized carbons (Fsp3) is 0.562. The zero-order chi connectivity index (χ0) is 41.4. The lowest BCUT2D eigenvalue weighted by Gasteiger charge is -2.31. The van der Waals surface area contributed by atoms with E-state index in [0.29, 0.717) is 19.3 Å². The number of carboxylic acid groups (broad SMARTS) is 1. The Labute approximate surface area is 340 Å². The van der Waals surface area contributed by atoms with Crippen molar-refractivity contribution in [2.24, 2.45) is 0 Å². The average Bonchev–Trinajstić information content (AvgIpc) is 3.15. The zero-order valence-corrected chi connectivity index (χ0v) is 35.5. The molecule has 0 aromatic heterocycles. The van der Waals surface area contributed by atoms with Gasteiger partial charge in [-0.25, -0.2) is 4.79 Å². The summed E-state index contributed by atoms with van der Waals surface area (Å²) in [4.78, 5) is 36.9. The van der Waals surface area contributed by atoms with Crippen LogP contribution in [0.4, 0.5) is 0 Å². The molecule has 2 unspecified atom stereocenters. The average molecular weight is 779 g/mol. The predicted octanol–water partition coefficient (Wildman–Crippen LogP) is 11.3. The second kappa shape index (κ2) is 37.9. The molecule has 0 bridgehead atoms. The molecule has 0 saturated heterocycles. The van der Waals surface area contributed by atoms with E-state index in [1.54, 1.807) is 0 Å². The SMILES string of the molecule is CC/C=C/C=C/C=C/C=C/C=C/C=C/C=C/CCCCCC(=O)OC(COCCC(C(=O)O)[N+](C)(C)C)COC(=O)CC/C=C/C/C=C/CCCCCCCC. The highest BCUT2D eigenvalue weighted by molar-refractivity contribution is 5.72. The molecule has 0 amide bonds. The number of aliphatic carboxylic acids is 1. The van der Waals surface area contributed by atoms with Crippen LogP contribution in [0.5, 0.6) is 0 Å². The smallest absolute Gasteiger partial charge is 0.362 e. The lowest BCUT2D eigenvalue weighted by Crippen LogP contribution is -2.50. The van der Waals surface area contributed by atoms with Crippen LogP contribution >= 0.6 is 0 Å². The summed E-state index contributed by atoms with van der Waals surface area (Å²) in [6.45, 7) is 4.43. The van der Waals surface area contributed by atoms with Crippen LogP contribution in [0.25, 0.3) is 0 Å². The minimum Gasteiger partial charge on any atom is -0.477 e. The number of ether oxygens (including phenoxy) is 3. The van der Waals surface area contributed by atoms with Crippen LogP contribution in [0.2, 0.25) is 0 Å². The number of unbranched alkanes of at least 4 members (excludes halogenated alkanes) is 9. The molecule has 0 saturated carbocycles. The van der Waals surface area contributed by atoms with Crippen LogP contribution in [-0.4, -0.2) is 80.6 Å². The molecule has 2 atom stereocenters. The van der Waals surface area contributed by atoms with E-state index < -0.39 is 18.1 Å². The largest absolute Gasteiger partial charge is 0.477 e. The maximum Gasteiger partial charge on any atom is 0.362 e. The summed E-state index contributed by atoms with van der Waals surface area (Å²) >= 11 is 0. The molecular formula is C48H76NO7+. The molecule has 0 radical (unpaired) electrons. The third-order valence-electron chi connectivity index (χ3n) is 8.61. The molecule has 0 aliphatic carbocycles. The standard InChI is InChI=1S/C48H75NO7/c1-6-8-10-12-14-16-18-20-21-22-23-24-25-27-29-31-33-35-37-39-47(51)56-44(42-54-41-40-45(48(52)53)49(3,4)5)43-55-46(50)38-36-34-32-30-28-26-19-17-15-13-11-9-7-2/h8,10,12,14,16,18,20-29,32,34,44-45H,6-7,9,11,13,15,17,19,30-31,33,35-43H2,1-5H3/p+1/b10-8+,14-12+,18-16+,21-20+,23-22+,25-24+,28-26+,29-27+,34-32+. The Hall–Kier alpha value is -4.01. The summed E-state index contributed by atoms with van der Waals surface area (Å²) in [6.07, 6.45) is 51.4. The van der Waals surface area contributed by atoms with Gasteiger partial charge in [-0.1, -0.05) is 162 Å². The van der Waals surface area contributed by atoms with Crippen molar-refractivity contribution in [1.29, 1.82) is 0 Å². The lowest BCUT2D eigenvalue weighted by atomic mass is 10.1. The number of quaternary nitrogens is 1. The van der Waals surface area contributed by atoms with Crippen molar-refractivity contribution >= 4 is 17.9 Å². The van der Waals surface area contributed by atoms with E-state index in [-0.39, 0.29) is 49.1 Å². The van der Waals surface area contributed by atoms with Crippen LogP contribution in [0.3, 0.4) is 0 Å². The van der Waals surface area contributed by atoms with E-state index in [0.717, 1.165) is 38.5 Å². The first-order valence-corrected chi connectivity index (χ1v) is 21.0. The van der Waals surface area contributed by atoms with E-state index in [1.165, 1.54) is 38.5 Å². The van der Waals surface area contributed by atoms with Gasteiger partial charge in [0, 0.05) is 19.3 Å². The van der Waals surface area contributed by atoms with Crippen LogP contribution in [0.1, 0.15) is 123 Å². The van der Waals surface area contributed by atoms with Gasteiger partial charge >= 0.3 is 17.9 Å². The minimum atomic E-state index is -0.896. The fourth-order valence-electron chi connectivity index (χ4n) is 5.36. The molecule has 0 aliphatic heterocycles. The molecule has 56 heavy (non-hydrogen) atoms. The summed E-state index contributed by atoms with van der Waals surface area (Å²) in [5, 5.41) is 9.60.